The lowest BCUT2D eigenvalue weighted by atomic mass is 10.2. The van der Waals surface area contributed by atoms with Crippen LogP contribution in [0.4, 0.5) is 5.82 Å². The second-order valence-electron chi connectivity index (χ2n) is 2.34. The van der Waals surface area contributed by atoms with Crippen LogP contribution in [-0.4, -0.2) is 9.97 Å². The van der Waals surface area contributed by atoms with Gasteiger partial charge in [-0.25, -0.2) is 9.97 Å². The van der Waals surface area contributed by atoms with Crippen molar-refractivity contribution >= 4 is 5.82 Å². The molecule has 4 nitrogen and oxygen atoms in total. The highest BCUT2D eigenvalue weighted by atomic mass is 16.3. The molecule has 0 amide bonds. The second kappa shape index (κ2) is 2.65. The Hall–Kier alpha value is -1.84. The molecule has 2 aromatic rings. The quantitative estimate of drug-likeness (QED) is 0.685. The van der Waals surface area contributed by atoms with Crippen molar-refractivity contribution in [3.63, 3.8) is 0 Å². The summed E-state index contributed by atoms with van der Waals surface area (Å²) in [4.78, 5) is 7.72. The maximum atomic E-state index is 5.42. The molecule has 2 rings (SSSR count). The first-order valence-corrected chi connectivity index (χ1v) is 3.46. The Morgan fingerprint density at radius 1 is 1.25 bits per heavy atom. The average Bonchev–Trinajstić information content (AvgIpc) is 2.58. The van der Waals surface area contributed by atoms with Gasteiger partial charge in [0.2, 0.25) is 0 Å². The van der Waals surface area contributed by atoms with Crippen molar-refractivity contribution < 1.29 is 4.42 Å². The largest absolute Gasteiger partial charge is 0.443 e. The van der Waals surface area contributed by atoms with Gasteiger partial charge in [-0.05, 0) is 12.1 Å². The van der Waals surface area contributed by atoms with Crippen molar-refractivity contribution in [2.75, 3.05) is 5.73 Å². The summed E-state index contributed by atoms with van der Waals surface area (Å²) in [7, 11) is 0. The normalized spacial score (nSPS) is 10.0. The minimum Gasteiger partial charge on any atom is -0.443 e. The Labute approximate surface area is 69.1 Å². The zero-order valence-electron chi connectivity index (χ0n) is 6.27. The molecule has 0 saturated heterocycles. The van der Waals surface area contributed by atoms with Crippen molar-refractivity contribution in [3.05, 3.63) is 30.9 Å². The molecule has 0 aliphatic heterocycles. The maximum Gasteiger partial charge on any atom is 0.181 e. The number of nitrogens with zero attached hydrogens (tertiary/aromatic N) is 2. The molecular formula is C8H7N3O. The van der Waals surface area contributed by atoms with Crippen molar-refractivity contribution in [3.8, 4) is 11.3 Å². The van der Waals surface area contributed by atoms with Crippen LogP contribution >= 0.6 is 0 Å². The van der Waals surface area contributed by atoms with Gasteiger partial charge < -0.3 is 10.2 Å². The lowest BCUT2D eigenvalue weighted by Crippen LogP contribution is -1.88. The van der Waals surface area contributed by atoms with Crippen LogP contribution in [-0.2, 0) is 0 Å². The molecule has 4 heteroatoms. The van der Waals surface area contributed by atoms with Crippen LogP contribution in [0.2, 0.25) is 0 Å². The van der Waals surface area contributed by atoms with E-state index in [1.807, 2.05) is 6.07 Å². The van der Waals surface area contributed by atoms with E-state index in [1.54, 1.807) is 18.5 Å². The van der Waals surface area contributed by atoms with E-state index < -0.39 is 0 Å². The molecule has 0 fully saturated rings. The third kappa shape index (κ3) is 1.14. The minimum absolute atomic E-state index is 0.498. The van der Waals surface area contributed by atoms with E-state index >= 15 is 0 Å². The third-order valence-electron chi connectivity index (χ3n) is 1.50. The van der Waals surface area contributed by atoms with Crippen LogP contribution in [0.5, 0.6) is 0 Å². The van der Waals surface area contributed by atoms with Crippen LogP contribution in [0.15, 0.2) is 35.3 Å². The summed E-state index contributed by atoms with van der Waals surface area (Å²) >= 11 is 0. The van der Waals surface area contributed by atoms with Gasteiger partial charge in [-0.2, -0.15) is 0 Å². The molecule has 2 aromatic heterocycles. The topological polar surface area (TPSA) is 64.9 Å². The number of nitrogens with two attached hydrogens (primary N) is 1. The summed E-state index contributed by atoms with van der Waals surface area (Å²) in [5.74, 6) is 1.20. The van der Waals surface area contributed by atoms with Crippen molar-refractivity contribution in [1.82, 2.24) is 9.97 Å². The van der Waals surface area contributed by atoms with E-state index in [1.165, 1.54) is 6.39 Å². The van der Waals surface area contributed by atoms with Gasteiger partial charge in [-0.1, -0.05) is 0 Å². The zero-order valence-corrected chi connectivity index (χ0v) is 6.27. The molecule has 0 unspecified atom stereocenters. The Bertz CT molecular complexity index is 352. The minimum atomic E-state index is 0.498. The van der Waals surface area contributed by atoms with E-state index in [0.29, 0.717) is 11.6 Å². The zero-order chi connectivity index (χ0) is 8.39. The third-order valence-corrected chi connectivity index (χ3v) is 1.50. The van der Waals surface area contributed by atoms with Gasteiger partial charge in [0.1, 0.15) is 5.82 Å². The number of oxazole rings is 1. The molecule has 0 aromatic carbocycles. The van der Waals surface area contributed by atoms with Gasteiger partial charge in [-0.3, -0.25) is 0 Å². The van der Waals surface area contributed by atoms with Crippen LogP contribution in [0, 0.1) is 0 Å². The molecule has 0 atom stereocenters. The summed E-state index contributed by atoms with van der Waals surface area (Å²) in [5.41, 5.74) is 6.30. The fourth-order valence-electron chi connectivity index (χ4n) is 0.909. The van der Waals surface area contributed by atoms with E-state index in [2.05, 4.69) is 9.97 Å². The molecule has 12 heavy (non-hydrogen) atoms. The highest BCUT2D eigenvalue weighted by molar-refractivity contribution is 5.56. The first-order valence-electron chi connectivity index (χ1n) is 3.46. The molecule has 0 bridgehead atoms. The lowest BCUT2D eigenvalue weighted by molar-refractivity contribution is 0.572. The number of pyridine rings is 1. The fourth-order valence-corrected chi connectivity index (χ4v) is 0.909. The number of hydrogen-bond acceptors (Lipinski definition) is 4. The first kappa shape index (κ1) is 6.84. The van der Waals surface area contributed by atoms with E-state index in [0.717, 1.165) is 5.56 Å². The molecule has 0 radical (unpaired) electrons. The summed E-state index contributed by atoms with van der Waals surface area (Å²) in [6, 6.07) is 3.56. The van der Waals surface area contributed by atoms with Gasteiger partial charge in [-0.15, -0.1) is 0 Å². The number of anilines is 1. The van der Waals surface area contributed by atoms with Gasteiger partial charge in [0, 0.05) is 11.8 Å². The summed E-state index contributed by atoms with van der Waals surface area (Å²) in [6.45, 7) is 0. The summed E-state index contributed by atoms with van der Waals surface area (Å²) in [5, 5.41) is 0. The van der Waals surface area contributed by atoms with Crippen LogP contribution in [0.3, 0.4) is 0 Å². The molecular weight excluding hydrogens is 154 g/mol. The first-order chi connectivity index (χ1) is 5.86. The second-order valence-corrected chi connectivity index (χ2v) is 2.34. The highest BCUT2D eigenvalue weighted by Gasteiger charge is 1.99. The molecule has 0 saturated carbocycles. The monoisotopic (exact) mass is 161 g/mol. The van der Waals surface area contributed by atoms with Crippen molar-refractivity contribution in [2.45, 2.75) is 0 Å². The van der Waals surface area contributed by atoms with Crippen LogP contribution < -0.4 is 5.73 Å². The Morgan fingerprint density at radius 2 is 2.17 bits per heavy atom. The fraction of sp³-hybridized carbons (Fsp3) is 0. The number of rotatable bonds is 1. The molecule has 60 valence electrons. The lowest BCUT2D eigenvalue weighted by Gasteiger charge is -1.94. The van der Waals surface area contributed by atoms with Crippen LogP contribution in [0.25, 0.3) is 11.3 Å². The van der Waals surface area contributed by atoms with Gasteiger partial charge in [0.05, 0.1) is 6.20 Å². The molecule has 2 N–H and O–H groups in total. The van der Waals surface area contributed by atoms with Crippen LogP contribution in [0.1, 0.15) is 0 Å². The van der Waals surface area contributed by atoms with E-state index in [9.17, 15) is 0 Å². The smallest absolute Gasteiger partial charge is 0.181 e. The van der Waals surface area contributed by atoms with Crippen molar-refractivity contribution in [1.29, 1.82) is 0 Å². The van der Waals surface area contributed by atoms with Gasteiger partial charge >= 0.3 is 0 Å². The molecule has 0 spiro atoms. The Morgan fingerprint density at radius 3 is 2.75 bits per heavy atom. The molecule has 0 aliphatic carbocycles. The van der Waals surface area contributed by atoms with Crippen molar-refractivity contribution in [2.24, 2.45) is 0 Å². The number of nitrogen functional groups attached to an aromatic ring is 1. The standard InChI is InChI=1S/C8H7N3O/c9-8-2-1-6(3-11-8)7-4-10-5-12-7/h1-5H,(H2,9,11). The Kier molecular flexibility index (Phi) is 1.51. The summed E-state index contributed by atoms with van der Waals surface area (Å²) in [6.07, 6.45) is 4.66. The maximum absolute atomic E-state index is 5.42. The SMILES string of the molecule is Nc1ccc(-c2cnco2)cn1. The van der Waals surface area contributed by atoms with Gasteiger partial charge in [0.25, 0.3) is 0 Å². The molecule has 2 heterocycles. The highest BCUT2D eigenvalue weighted by Crippen LogP contribution is 2.17. The number of aromatic nitrogens is 2. The summed E-state index contributed by atoms with van der Waals surface area (Å²) < 4.78 is 5.07. The Balaban J connectivity index is 2.43. The molecule has 0 aliphatic rings. The average molecular weight is 161 g/mol. The number of hydrogen-bond donors (Lipinski definition) is 1. The van der Waals surface area contributed by atoms with E-state index in [4.69, 9.17) is 10.2 Å². The van der Waals surface area contributed by atoms with E-state index in [-0.39, 0.29) is 0 Å². The predicted octanol–water partition coefficient (Wildman–Crippen LogP) is 1.32. The van der Waals surface area contributed by atoms with Gasteiger partial charge in [0.15, 0.2) is 12.2 Å². The predicted molar refractivity (Wildman–Crippen MR) is 44.1 cm³/mol.